The van der Waals surface area contributed by atoms with Crippen LogP contribution in [0.5, 0.6) is 0 Å². The molecule has 0 aliphatic carbocycles. The van der Waals surface area contributed by atoms with Gasteiger partial charge in [0.05, 0.1) is 0 Å². The minimum Gasteiger partial charge on any atom is -0.321 e. The summed E-state index contributed by atoms with van der Waals surface area (Å²) >= 11 is 3.35. The molecule has 104 valence electrons. The highest BCUT2D eigenvalue weighted by Crippen LogP contribution is 2.19. The summed E-state index contributed by atoms with van der Waals surface area (Å²) in [4.78, 5) is 12.0. The number of benzene rings is 2. The fraction of sp³-hybridized carbons (Fsp3) is 0. The average Bonchev–Trinajstić information content (AvgIpc) is 2.48. The van der Waals surface area contributed by atoms with Crippen LogP contribution in [0.3, 0.4) is 0 Å². The van der Waals surface area contributed by atoms with Crippen molar-refractivity contribution in [3.8, 4) is 6.07 Å². The van der Waals surface area contributed by atoms with Crippen molar-refractivity contribution in [3.05, 3.63) is 70.0 Å². The number of anilines is 1. The Labute approximate surface area is 129 Å². The lowest BCUT2D eigenvalue weighted by atomic mass is 10.1. The van der Waals surface area contributed by atoms with Crippen LogP contribution in [0.2, 0.25) is 0 Å². The molecule has 2 aromatic carbocycles. The number of amides is 1. The van der Waals surface area contributed by atoms with Crippen molar-refractivity contribution >= 4 is 33.6 Å². The average molecular weight is 345 g/mol. The van der Waals surface area contributed by atoms with Gasteiger partial charge in [0, 0.05) is 10.2 Å². The first-order valence-electron chi connectivity index (χ1n) is 6.03. The molecule has 0 spiro atoms. The SMILES string of the molecule is N#CC(=Cc1ccccc1Br)C(=O)Nc1ccc(F)cc1. The third kappa shape index (κ3) is 4.01. The van der Waals surface area contributed by atoms with Gasteiger partial charge in [-0.25, -0.2) is 4.39 Å². The number of halogens is 2. The Kier molecular flexibility index (Phi) is 4.85. The van der Waals surface area contributed by atoms with Gasteiger partial charge in [-0.05, 0) is 42.0 Å². The standard InChI is InChI=1S/C16H10BrFN2O/c17-15-4-2-1-3-11(15)9-12(10-19)16(21)20-14-7-5-13(18)6-8-14/h1-9H,(H,20,21). The Morgan fingerprint density at radius 3 is 2.48 bits per heavy atom. The molecule has 3 nitrogen and oxygen atoms in total. The van der Waals surface area contributed by atoms with E-state index in [4.69, 9.17) is 5.26 Å². The van der Waals surface area contributed by atoms with Crippen LogP contribution < -0.4 is 5.32 Å². The van der Waals surface area contributed by atoms with Crippen molar-refractivity contribution < 1.29 is 9.18 Å². The van der Waals surface area contributed by atoms with Crippen molar-refractivity contribution in [2.24, 2.45) is 0 Å². The second kappa shape index (κ2) is 6.82. The second-order valence-electron chi connectivity index (χ2n) is 4.15. The lowest BCUT2D eigenvalue weighted by Gasteiger charge is -2.04. The molecule has 21 heavy (non-hydrogen) atoms. The zero-order valence-corrected chi connectivity index (χ0v) is 12.4. The second-order valence-corrected chi connectivity index (χ2v) is 5.01. The topological polar surface area (TPSA) is 52.9 Å². The first-order chi connectivity index (χ1) is 10.1. The summed E-state index contributed by atoms with van der Waals surface area (Å²) in [6.07, 6.45) is 1.49. The van der Waals surface area contributed by atoms with Gasteiger partial charge in [0.2, 0.25) is 0 Å². The van der Waals surface area contributed by atoms with Crippen LogP contribution in [-0.4, -0.2) is 5.91 Å². The predicted molar refractivity (Wildman–Crippen MR) is 82.8 cm³/mol. The first-order valence-corrected chi connectivity index (χ1v) is 6.82. The van der Waals surface area contributed by atoms with Crippen molar-refractivity contribution in [1.29, 1.82) is 5.26 Å². The monoisotopic (exact) mass is 344 g/mol. The highest BCUT2D eigenvalue weighted by atomic mass is 79.9. The van der Waals surface area contributed by atoms with E-state index in [1.54, 1.807) is 6.07 Å². The maximum atomic E-state index is 12.8. The van der Waals surface area contributed by atoms with Gasteiger partial charge in [-0.15, -0.1) is 0 Å². The van der Waals surface area contributed by atoms with E-state index in [0.29, 0.717) is 5.69 Å². The minimum atomic E-state index is -0.542. The third-order valence-electron chi connectivity index (χ3n) is 2.67. The van der Waals surface area contributed by atoms with Crippen LogP contribution in [0.1, 0.15) is 5.56 Å². The van der Waals surface area contributed by atoms with Gasteiger partial charge in [0.15, 0.2) is 0 Å². The van der Waals surface area contributed by atoms with Gasteiger partial charge in [-0.3, -0.25) is 4.79 Å². The molecule has 0 fully saturated rings. The number of carbonyl (C=O) groups is 1. The molecule has 0 saturated carbocycles. The Bertz CT molecular complexity index is 733. The number of nitrogens with zero attached hydrogens (tertiary/aromatic N) is 1. The van der Waals surface area contributed by atoms with Gasteiger partial charge in [-0.2, -0.15) is 5.26 Å². The van der Waals surface area contributed by atoms with E-state index in [1.807, 2.05) is 24.3 Å². The molecule has 0 heterocycles. The Morgan fingerprint density at radius 2 is 1.86 bits per heavy atom. The van der Waals surface area contributed by atoms with Crippen LogP contribution in [0.4, 0.5) is 10.1 Å². The van der Waals surface area contributed by atoms with Gasteiger partial charge >= 0.3 is 0 Å². The number of nitriles is 1. The molecule has 0 bridgehead atoms. The number of rotatable bonds is 3. The fourth-order valence-corrected chi connectivity index (χ4v) is 2.03. The lowest BCUT2D eigenvalue weighted by molar-refractivity contribution is -0.112. The van der Waals surface area contributed by atoms with Gasteiger partial charge in [-0.1, -0.05) is 34.1 Å². The van der Waals surface area contributed by atoms with Crippen LogP contribution in [-0.2, 0) is 4.79 Å². The number of nitrogens with one attached hydrogen (secondary N) is 1. The summed E-state index contributed by atoms with van der Waals surface area (Å²) in [5, 5.41) is 11.7. The van der Waals surface area contributed by atoms with Crippen molar-refractivity contribution in [1.82, 2.24) is 0 Å². The Balaban J connectivity index is 2.22. The van der Waals surface area contributed by atoms with Gasteiger partial charge < -0.3 is 5.32 Å². The van der Waals surface area contributed by atoms with E-state index in [9.17, 15) is 9.18 Å². The molecule has 0 saturated heterocycles. The van der Waals surface area contributed by atoms with Crippen LogP contribution >= 0.6 is 15.9 Å². The number of carbonyl (C=O) groups excluding carboxylic acids is 1. The molecule has 0 radical (unpaired) electrons. The molecule has 1 amide bonds. The van der Waals surface area contributed by atoms with E-state index >= 15 is 0 Å². The maximum Gasteiger partial charge on any atom is 0.266 e. The first kappa shape index (κ1) is 14.9. The van der Waals surface area contributed by atoms with Crippen LogP contribution in [0.25, 0.3) is 6.08 Å². The summed E-state index contributed by atoms with van der Waals surface area (Å²) in [5.74, 6) is -0.933. The van der Waals surface area contributed by atoms with E-state index < -0.39 is 11.7 Å². The van der Waals surface area contributed by atoms with E-state index in [-0.39, 0.29) is 5.57 Å². The summed E-state index contributed by atoms with van der Waals surface area (Å²) in [5.41, 5.74) is 1.12. The zero-order chi connectivity index (χ0) is 15.2. The summed E-state index contributed by atoms with van der Waals surface area (Å²) < 4.78 is 13.6. The van der Waals surface area contributed by atoms with Gasteiger partial charge in [0.1, 0.15) is 17.5 Å². The Morgan fingerprint density at radius 1 is 1.19 bits per heavy atom. The molecule has 0 aliphatic heterocycles. The molecular formula is C16H10BrFN2O. The molecule has 0 aliphatic rings. The highest BCUT2D eigenvalue weighted by molar-refractivity contribution is 9.10. The molecule has 2 rings (SSSR count). The molecule has 0 unspecified atom stereocenters. The lowest BCUT2D eigenvalue weighted by Crippen LogP contribution is -2.13. The molecule has 1 N–H and O–H groups in total. The molecular weight excluding hydrogens is 335 g/mol. The van der Waals surface area contributed by atoms with E-state index in [0.717, 1.165) is 10.0 Å². The summed E-state index contributed by atoms with van der Waals surface area (Å²) in [6.45, 7) is 0. The predicted octanol–water partition coefficient (Wildman–Crippen LogP) is 4.13. The molecule has 2 aromatic rings. The molecule has 0 aromatic heterocycles. The zero-order valence-electron chi connectivity index (χ0n) is 10.8. The van der Waals surface area contributed by atoms with Crippen molar-refractivity contribution in [3.63, 3.8) is 0 Å². The third-order valence-corrected chi connectivity index (χ3v) is 3.39. The minimum absolute atomic E-state index is 0.0359. The molecule has 0 atom stereocenters. The largest absolute Gasteiger partial charge is 0.321 e. The van der Waals surface area contributed by atoms with Crippen LogP contribution in [0.15, 0.2) is 58.6 Å². The Hall–Kier alpha value is -2.45. The normalized spacial score (nSPS) is 10.8. The van der Waals surface area contributed by atoms with Crippen LogP contribution in [0, 0.1) is 17.1 Å². The number of hydrogen-bond donors (Lipinski definition) is 1. The number of hydrogen-bond acceptors (Lipinski definition) is 2. The summed E-state index contributed by atoms with van der Waals surface area (Å²) in [7, 11) is 0. The smallest absolute Gasteiger partial charge is 0.266 e. The molecule has 5 heteroatoms. The van der Waals surface area contributed by atoms with E-state index in [1.165, 1.54) is 30.3 Å². The summed E-state index contributed by atoms with van der Waals surface area (Å²) in [6, 6.07) is 14.4. The maximum absolute atomic E-state index is 12.8. The quantitative estimate of drug-likeness (QED) is 0.672. The van der Waals surface area contributed by atoms with Crippen molar-refractivity contribution in [2.45, 2.75) is 0 Å². The highest BCUT2D eigenvalue weighted by Gasteiger charge is 2.10. The van der Waals surface area contributed by atoms with Gasteiger partial charge in [0.25, 0.3) is 5.91 Å². The fourth-order valence-electron chi connectivity index (χ4n) is 1.63. The van der Waals surface area contributed by atoms with Crippen molar-refractivity contribution in [2.75, 3.05) is 5.32 Å². The van der Waals surface area contributed by atoms with E-state index in [2.05, 4.69) is 21.2 Å².